The summed E-state index contributed by atoms with van der Waals surface area (Å²) < 4.78 is 22.2. The van der Waals surface area contributed by atoms with Crippen LogP contribution >= 0.6 is 0 Å². The number of esters is 1. The first kappa shape index (κ1) is 40.4. The number of hydrogen-bond acceptors (Lipinski definition) is 11. The molecule has 0 bridgehead atoms. The Hall–Kier alpha value is -5.78. The van der Waals surface area contributed by atoms with E-state index in [1.807, 2.05) is 0 Å². The van der Waals surface area contributed by atoms with Crippen molar-refractivity contribution in [2.24, 2.45) is 17.4 Å². The summed E-state index contributed by atoms with van der Waals surface area (Å²) in [6, 6.07) is 3.87. The van der Waals surface area contributed by atoms with E-state index in [4.69, 9.17) is 21.2 Å². The van der Waals surface area contributed by atoms with Crippen molar-refractivity contribution < 1.29 is 33.4 Å². The molecule has 7 rings (SSSR count). The van der Waals surface area contributed by atoms with Crippen LogP contribution < -0.4 is 38.3 Å². The van der Waals surface area contributed by atoms with Gasteiger partial charge in [-0.25, -0.2) is 19.0 Å². The fraction of sp³-hybridized carbons (Fsp3) is 0.439. The highest BCUT2D eigenvalue weighted by Crippen LogP contribution is 2.46. The predicted octanol–water partition coefficient (Wildman–Crippen LogP) is 2.55. The summed E-state index contributed by atoms with van der Waals surface area (Å²) in [5, 5.41) is 23.8. The Morgan fingerprint density at radius 2 is 1.91 bits per heavy atom. The average Bonchev–Trinajstić information content (AvgIpc) is 3.57. The van der Waals surface area contributed by atoms with Crippen molar-refractivity contribution in [1.29, 1.82) is 0 Å². The number of carbonyl (C=O) groups excluding carboxylic acids is 4. The molecular formula is C41H48FN9O7. The third-order valence-electron chi connectivity index (χ3n) is 11.6. The van der Waals surface area contributed by atoms with Crippen LogP contribution in [0.2, 0.25) is 0 Å². The zero-order valence-electron chi connectivity index (χ0n) is 32.8. The molecule has 5 heterocycles. The molecule has 0 fully saturated rings. The third-order valence-corrected chi connectivity index (χ3v) is 11.6. The molecule has 1 aromatic carbocycles. The number of benzene rings is 1. The number of rotatable bonds is 13. The van der Waals surface area contributed by atoms with E-state index in [9.17, 15) is 29.1 Å². The number of nitrogens with one attached hydrogen (secondary N) is 4. The van der Waals surface area contributed by atoms with E-state index in [1.54, 1.807) is 50.5 Å². The van der Waals surface area contributed by atoms with Crippen LogP contribution in [0.25, 0.3) is 22.3 Å². The van der Waals surface area contributed by atoms with Gasteiger partial charge < -0.3 is 47.1 Å². The number of aryl methyl sites for hydroxylation is 1. The molecule has 17 heteroatoms. The number of amides is 4. The van der Waals surface area contributed by atoms with Gasteiger partial charge in [0.1, 0.15) is 18.5 Å². The zero-order valence-corrected chi connectivity index (χ0v) is 32.8. The van der Waals surface area contributed by atoms with Crippen LogP contribution in [0.3, 0.4) is 0 Å². The topological polar surface area (TPSA) is 246 Å². The van der Waals surface area contributed by atoms with E-state index in [1.165, 1.54) is 12.3 Å². The highest BCUT2D eigenvalue weighted by molar-refractivity contribution is 5.98. The zero-order chi connectivity index (χ0) is 41.6. The summed E-state index contributed by atoms with van der Waals surface area (Å²) in [5.74, 6) is -2.28. The lowest BCUT2D eigenvalue weighted by molar-refractivity contribution is -0.172. The van der Waals surface area contributed by atoms with Crippen molar-refractivity contribution in [3.05, 3.63) is 85.7 Å². The lowest BCUT2D eigenvalue weighted by atomic mass is 9.81. The number of hydrogen-bond donors (Lipinski definition) is 7. The Morgan fingerprint density at radius 1 is 1.14 bits per heavy atom. The lowest BCUT2D eigenvalue weighted by Crippen LogP contribution is -2.51. The van der Waals surface area contributed by atoms with E-state index in [0.717, 1.165) is 22.1 Å². The summed E-state index contributed by atoms with van der Waals surface area (Å²) in [6.07, 6.45) is 3.33. The van der Waals surface area contributed by atoms with Crippen molar-refractivity contribution in [2.75, 3.05) is 11.9 Å². The molecule has 9 N–H and O–H groups in total. The minimum Gasteiger partial charge on any atom is -0.458 e. The standard InChI is InChI=1S/C41H48FN9O7/c1-5-41(57)26-13-31-35-24(17-51(31)38(54)25(26)18-58-39(41)55)33-28(11-10-23-20(4)27(42)14-30(49-35)32(23)33)47-15-21-8-9-22(16-46-21)48-36(52)29(7-6-12-45-40(44)56)50-37(53)34(43)19(2)3/h8-9,13-14,16,19,28-29,34,47,57H,5-7,10-12,15,17-18,43H2,1-4H3,(H,48,52)(H,50,53)(H3,44,45,56)/t28-,29?,34?,41-/m0/s1. The Bertz CT molecular complexity index is 2400. The van der Waals surface area contributed by atoms with Crippen molar-refractivity contribution in [3.63, 3.8) is 0 Å². The second-order valence-corrected chi connectivity index (χ2v) is 15.6. The van der Waals surface area contributed by atoms with Crippen molar-refractivity contribution in [2.45, 2.75) is 103 Å². The second-order valence-electron chi connectivity index (χ2n) is 15.6. The molecule has 3 aromatic heterocycles. The third kappa shape index (κ3) is 7.29. The SMILES string of the molecule is CC[C@@]1(O)C(=O)OCc2c1cc1n(c2=O)Cc2c-1nc1cc(F)c(C)c3c1c2[C@@H](NCc1ccc(NC(=O)C(CCCNC(N)=O)NC(=O)C(N)C(C)C)cn1)CC3. The molecule has 0 spiro atoms. The van der Waals surface area contributed by atoms with Crippen LogP contribution in [0.1, 0.15) is 91.6 Å². The Kier molecular flexibility index (Phi) is 11.1. The number of pyridine rings is 3. The van der Waals surface area contributed by atoms with E-state index in [2.05, 4.69) is 26.3 Å². The number of carbonyl (C=O) groups is 4. The molecule has 4 atom stereocenters. The first-order chi connectivity index (χ1) is 27.6. The number of nitrogens with zero attached hydrogens (tertiary/aromatic N) is 3. The van der Waals surface area contributed by atoms with Gasteiger partial charge in [-0.15, -0.1) is 0 Å². The minimum atomic E-state index is -1.98. The normalized spacial score (nSPS) is 18.8. The van der Waals surface area contributed by atoms with Gasteiger partial charge in [-0.1, -0.05) is 20.8 Å². The van der Waals surface area contributed by atoms with Crippen LogP contribution in [0.5, 0.6) is 0 Å². The number of nitrogens with two attached hydrogens (primary N) is 2. The molecule has 2 unspecified atom stereocenters. The number of cyclic esters (lactones) is 1. The molecule has 4 aromatic rings. The fourth-order valence-corrected chi connectivity index (χ4v) is 8.18. The minimum absolute atomic E-state index is 0.0101. The van der Waals surface area contributed by atoms with E-state index >= 15 is 4.39 Å². The Balaban J connectivity index is 1.13. The van der Waals surface area contributed by atoms with Gasteiger partial charge in [0.15, 0.2) is 5.60 Å². The summed E-state index contributed by atoms with van der Waals surface area (Å²) in [4.78, 5) is 73.4. The maximum Gasteiger partial charge on any atom is 0.343 e. The molecule has 16 nitrogen and oxygen atoms in total. The largest absolute Gasteiger partial charge is 0.458 e. The molecule has 0 saturated carbocycles. The molecule has 306 valence electrons. The lowest BCUT2D eigenvalue weighted by Gasteiger charge is -2.31. The monoisotopic (exact) mass is 797 g/mol. The number of aliphatic hydroxyl groups is 1. The van der Waals surface area contributed by atoms with Gasteiger partial charge >= 0.3 is 12.0 Å². The molecule has 0 saturated heterocycles. The first-order valence-corrected chi connectivity index (χ1v) is 19.5. The van der Waals surface area contributed by atoms with Crippen LogP contribution in [-0.4, -0.2) is 62.1 Å². The summed E-state index contributed by atoms with van der Waals surface area (Å²) >= 11 is 0. The van der Waals surface area contributed by atoms with Crippen LogP contribution in [0, 0.1) is 18.7 Å². The van der Waals surface area contributed by atoms with Crippen molar-refractivity contribution in [1.82, 2.24) is 30.5 Å². The maximum atomic E-state index is 15.3. The predicted molar refractivity (Wildman–Crippen MR) is 212 cm³/mol. The van der Waals surface area contributed by atoms with Gasteiger partial charge in [0, 0.05) is 41.7 Å². The van der Waals surface area contributed by atoms with Crippen molar-refractivity contribution >= 4 is 40.4 Å². The molecule has 58 heavy (non-hydrogen) atoms. The van der Waals surface area contributed by atoms with Gasteiger partial charge in [-0.2, -0.15) is 0 Å². The number of anilines is 1. The highest BCUT2D eigenvalue weighted by atomic mass is 19.1. The Morgan fingerprint density at radius 3 is 2.60 bits per heavy atom. The molecular weight excluding hydrogens is 750 g/mol. The van der Waals surface area contributed by atoms with Crippen LogP contribution in [-0.2, 0) is 50.8 Å². The van der Waals surface area contributed by atoms with Crippen molar-refractivity contribution in [3.8, 4) is 11.4 Å². The quantitative estimate of drug-likeness (QED) is 0.0674. The highest BCUT2D eigenvalue weighted by Gasteiger charge is 2.46. The fourth-order valence-electron chi connectivity index (χ4n) is 8.18. The molecule has 0 radical (unpaired) electrons. The van der Waals surface area contributed by atoms with Crippen LogP contribution in [0.4, 0.5) is 14.9 Å². The van der Waals surface area contributed by atoms with Crippen LogP contribution in [0.15, 0.2) is 35.3 Å². The maximum absolute atomic E-state index is 15.3. The average molecular weight is 798 g/mol. The summed E-state index contributed by atoms with van der Waals surface area (Å²) in [7, 11) is 0. The summed E-state index contributed by atoms with van der Waals surface area (Å²) in [5.41, 5.74) is 14.8. The van der Waals surface area contributed by atoms with E-state index in [0.29, 0.717) is 59.7 Å². The number of urea groups is 1. The van der Waals surface area contributed by atoms with Gasteiger partial charge in [0.2, 0.25) is 11.8 Å². The first-order valence-electron chi connectivity index (χ1n) is 19.5. The van der Waals surface area contributed by atoms with Gasteiger partial charge in [-0.3, -0.25) is 19.4 Å². The van der Waals surface area contributed by atoms with Gasteiger partial charge in [0.25, 0.3) is 5.56 Å². The Labute approximate surface area is 333 Å². The molecule has 1 aliphatic carbocycles. The summed E-state index contributed by atoms with van der Waals surface area (Å²) in [6.45, 7) is 7.51. The smallest absolute Gasteiger partial charge is 0.343 e. The van der Waals surface area contributed by atoms with E-state index < -0.39 is 41.5 Å². The number of fused-ring (bicyclic) bond motifs is 5. The number of halogens is 1. The molecule has 3 aliphatic rings. The second kappa shape index (κ2) is 15.9. The number of aromatic nitrogens is 3. The number of ether oxygens (including phenoxy) is 1. The molecule has 4 amide bonds. The molecule has 2 aliphatic heterocycles. The van der Waals surface area contributed by atoms with E-state index in [-0.39, 0.29) is 67.0 Å². The van der Waals surface area contributed by atoms with Gasteiger partial charge in [-0.05, 0) is 79.8 Å². The van der Waals surface area contributed by atoms with Gasteiger partial charge in [0.05, 0.1) is 52.6 Å². The number of primary amides is 1.